The maximum atomic E-state index is 5.63. The molecule has 2 heterocycles. The predicted octanol–water partition coefficient (Wildman–Crippen LogP) is 2.36. The molecular formula is C16H30N2O. The molecule has 1 saturated carbocycles. The van der Waals surface area contributed by atoms with Crippen LogP contribution in [0.1, 0.15) is 46.0 Å². The third-order valence-electron chi connectivity index (χ3n) is 5.50. The van der Waals surface area contributed by atoms with Gasteiger partial charge in [-0.3, -0.25) is 9.80 Å². The lowest BCUT2D eigenvalue weighted by Gasteiger charge is -2.36. The standard InChI is InChI=1S/C16H30N2O/c1-13-11-15-5-3-4-6-16(15)18(13)8-7-17-9-10-19-14(2)12-17/h13-16H,3-12H2,1-2H3/t13-,14-,15-,16-/m1/s1. The maximum absolute atomic E-state index is 5.63. The first-order chi connectivity index (χ1) is 9.24. The van der Waals surface area contributed by atoms with Gasteiger partial charge in [0.05, 0.1) is 12.7 Å². The van der Waals surface area contributed by atoms with E-state index in [0.717, 1.165) is 37.7 Å². The topological polar surface area (TPSA) is 15.7 Å². The van der Waals surface area contributed by atoms with Gasteiger partial charge >= 0.3 is 0 Å². The highest BCUT2D eigenvalue weighted by molar-refractivity contribution is 4.94. The highest BCUT2D eigenvalue weighted by Crippen LogP contribution is 2.39. The summed E-state index contributed by atoms with van der Waals surface area (Å²) in [6.45, 7) is 10.3. The summed E-state index contributed by atoms with van der Waals surface area (Å²) in [6.07, 6.45) is 7.74. The van der Waals surface area contributed by atoms with Crippen LogP contribution < -0.4 is 0 Å². The molecule has 0 aromatic heterocycles. The number of hydrogen-bond acceptors (Lipinski definition) is 3. The summed E-state index contributed by atoms with van der Waals surface area (Å²) in [4.78, 5) is 5.42. The summed E-state index contributed by atoms with van der Waals surface area (Å²) in [5, 5.41) is 0. The minimum atomic E-state index is 0.423. The van der Waals surface area contributed by atoms with E-state index in [1.807, 2.05) is 0 Å². The Hall–Kier alpha value is -0.120. The van der Waals surface area contributed by atoms with Crippen LogP contribution in [0.2, 0.25) is 0 Å². The van der Waals surface area contributed by atoms with E-state index >= 15 is 0 Å². The molecule has 3 aliphatic rings. The lowest BCUT2D eigenvalue weighted by molar-refractivity contribution is -0.0224. The van der Waals surface area contributed by atoms with E-state index < -0.39 is 0 Å². The molecule has 2 saturated heterocycles. The first kappa shape index (κ1) is 13.8. The number of likely N-dealkylation sites (tertiary alicyclic amines) is 1. The normalized spacial score (nSPS) is 41.4. The van der Waals surface area contributed by atoms with Crippen molar-refractivity contribution >= 4 is 0 Å². The second kappa shape index (κ2) is 6.11. The molecule has 19 heavy (non-hydrogen) atoms. The Bertz CT molecular complexity index is 296. The molecule has 0 aromatic carbocycles. The van der Waals surface area contributed by atoms with Crippen molar-refractivity contribution in [2.45, 2.75) is 64.1 Å². The summed E-state index contributed by atoms with van der Waals surface area (Å²) in [6, 6.07) is 1.72. The van der Waals surface area contributed by atoms with Crippen LogP contribution in [0.15, 0.2) is 0 Å². The fraction of sp³-hybridized carbons (Fsp3) is 1.00. The second-order valence-electron chi connectivity index (χ2n) is 6.92. The summed E-state index contributed by atoms with van der Waals surface area (Å²) in [5.41, 5.74) is 0. The van der Waals surface area contributed by atoms with Gasteiger partial charge in [0.15, 0.2) is 0 Å². The molecule has 3 fully saturated rings. The molecule has 0 bridgehead atoms. The SMILES string of the molecule is C[C@@H]1CN(CCN2[C@H](C)C[C@H]3CCCC[C@H]32)CCO1. The summed E-state index contributed by atoms with van der Waals surface area (Å²) < 4.78 is 5.63. The second-order valence-corrected chi connectivity index (χ2v) is 6.92. The van der Waals surface area contributed by atoms with Gasteiger partial charge in [0.1, 0.15) is 0 Å². The largest absolute Gasteiger partial charge is 0.376 e. The van der Waals surface area contributed by atoms with Crippen LogP contribution in [0.3, 0.4) is 0 Å². The fourth-order valence-electron chi connectivity index (χ4n) is 4.54. The van der Waals surface area contributed by atoms with Crippen LogP contribution in [0.4, 0.5) is 0 Å². The van der Waals surface area contributed by atoms with Crippen molar-refractivity contribution in [1.82, 2.24) is 9.80 Å². The van der Waals surface area contributed by atoms with Crippen molar-refractivity contribution in [2.75, 3.05) is 32.8 Å². The Morgan fingerprint density at radius 3 is 2.79 bits per heavy atom. The van der Waals surface area contributed by atoms with Crippen LogP contribution >= 0.6 is 0 Å². The minimum absolute atomic E-state index is 0.423. The Labute approximate surface area is 118 Å². The highest BCUT2D eigenvalue weighted by Gasteiger charge is 2.39. The number of rotatable bonds is 3. The average molecular weight is 266 g/mol. The number of fused-ring (bicyclic) bond motifs is 1. The number of nitrogens with zero attached hydrogens (tertiary/aromatic N) is 2. The quantitative estimate of drug-likeness (QED) is 0.780. The maximum Gasteiger partial charge on any atom is 0.0674 e. The van der Waals surface area contributed by atoms with Gasteiger partial charge < -0.3 is 4.74 Å². The first-order valence-corrected chi connectivity index (χ1v) is 8.33. The molecule has 0 N–H and O–H groups in total. The summed E-state index contributed by atoms with van der Waals surface area (Å²) in [7, 11) is 0. The lowest BCUT2D eigenvalue weighted by atomic mass is 9.85. The molecule has 0 aromatic rings. The van der Waals surface area contributed by atoms with Crippen LogP contribution in [0, 0.1) is 5.92 Å². The monoisotopic (exact) mass is 266 g/mol. The minimum Gasteiger partial charge on any atom is -0.376 e. The van der Waals surface area contributed by atoms with Crippen molar-refractivity contribution < 1.29 is 4.74 Å². The first-order valence-electron chi connectivity index (χ1n) is 8.33. The van der Waals surface area contributed by atoms with Crippen LogP contribution in [0.25, 0.3) is 0 Å². The van der Waals surface area contributed by atoms with Crippen molar-refractivity contribution in [3.8, 4) is 0 Å². The van der Waals surface area contributed by atoms with Gasteiger partial charge in [0, 0.05) is 38.3 Å². The number of hydrogen-bond donors (Lipinski definition) is 0. The molecule has 1 aliphatic carbocycles. The van der Waals surface area contributed by atoms with E-state index in [-0.39, 0.29) is 0 Å². The van der Waals surface area contributed by atoms with Gasteiger partial charge in [-0.05, 0) is 39.0 Å². The molecular weight excluding hydrogens is 236 g/mol. The molecule has 4 atom stereocenters. The van der Waals surface area contributed by atoms with Crippen molar-refractivity contribution in [3.05, 3.63) is 0 Å². The van der Waals surface area contributed by atoms with Gasteiger partial charge in [0.25, 0.3) is 0 Å². The van der Waals surface area contributed by atoms with Crippen LogP contribution in [-0.4, -0.2) is 60.8 Å². The molecule has 3 nitrogen and oxygen atoms in total. The third kappa shape index (κ3) is 3.14. The van der Waals surface area contributed by atoms with E-state index in [9.17, 15) is 0 Å². The average Bonchev–Trinajstić information content (AvgIpc) is 2.72. The molecule has 2 aliphatic heterocycles. The van der Waals surface area contributed by atoms with Gasteiger partial charge in [-0.15, -0.1) is 0 Å². The van der Waals surface area contributed by atoms with E-state index in [0.29, 0.717) is 6.10 Å². The summed E-state index contributed by atoms with van der Waals surface area (Å²) in [5.74, 6) is 1.01. The molecule has 3 rings (SSSR count). The molecule has 0 spiro atoms. The van der Waals surface area contributed by atoms with E-state index in [1.54, 1.807) is 0 Å². The van der Waals surface area contributed by atoms with Gasteiger partial charge in [-0.2, -0.15) is 0 Å². The highest BCUT2D eigenvalue weighted by atomic mass is 16.5. The molecule has 110 valence electrons. The molecule has 0 unspecified atom stereocenters. The summed E-state index contributed by atoms with van der Waals surface area (Å²) >= 11 is 0. The van der Waals surface area contributed by atoms with Crippen molar-refractivity contribution in [3.63, 3.8) is 0 Å². The third-order valence-corrected chi connectivity index (χ3v) is 5.50. The van der Waals surface area contributed by atoms with Gasteiger partial charge in [-0.25, -0.2) is 0 Å². The molecule has 3 heteroatoms. The van der Waals surface area contributed by atoms with Crippen LogP contribution in [-0.2, 0) is 4.74 Å². The Kier molecular flexibility index (Phi) is 4.45. The lowest BCUT2D eigenvalue weighted by Crippen LogP contribution is -2.47. The zero-order valence-electron chi connectivity index (χ0n) is 12.7. The van der Waals surface area contributed by atoms with E-state index in [2.05, 4.69) is 23.6 Å². The Balaban J connectivity index is 1.51. The number of ether oxygens (including phenoxy) is 1. The van der Waals surface area contributed by atoms with E-state index in [1.165, 1.54) is 45.2 Å². The van der Waals surface area contributed by atoms with Gasteiger partial charge in [0.2, 0.25) is 0 Å². The van der Waals surface area contributed by atoms with E-state index in [4.69, 9.17) is 4.74 Å². The number of morpholine rings is 1. The smallest absolute Gasteiger partial charge is 0.0674 e. The zero-order chi connectivity index (χ0) is 13.2. The Morgan fingerprint density at radius 2 is 1.95 bits per heavy atom. The van der Waals surface area contributed by atoms with Crippen LogP contribution in [0.5, 0.6) is 0 Å². The molecule has 0 radical (unpaired) electrons. The van der Waals surface area contributed by atoms with Crippen molar-refractivity contribution in [1.29, 1.82) is 0 Å². The van der Waals surface area contributed by atoms with Gasteiger partial charge in [-0.1, -0.05) is 12.8 Å². The predicted molar refractivity (Wildman–Crippen MR) is 78.4 cm³/mol. The Morgan fingerprint density at radius 1 is 1.11 bits per heavy atom. The fourth-order valence-corrected chi connectivity index (χ4v) is 4.54. The zero-order valence-corrected chi connectivity index (χ0v) is 12.7. The van der Waals surface area contributed by atoms with Crippen molar-refractivity contribution in [2.24, 2.45) is 5.92 Å². The molecule has 0 amide bonds.